The summed E-state index contributed by atoms with van der Waals surface area (Å²) in [6.45, 7) is 5.14. The van der Waals surface area contributed by atoms with Crippen molar-refractivity contribution in [2.24, 2.45) is 0 Å². The van der Waals surface area contributed by atoms with E-state index in [1.54, 1.807) is 49.4 Å². The fourth-order valence-corrected chi connectivity index (χ4v) is 3.17. The molecule has 0 saturated heterocycles. The second kappa shape index (κ2) is 9.80. The summed E-state index contributed by atoms with van der Waals surface area (Å²) in [6.07, 6.45) is 0. The summed E-state index contributed by atoms with van der Waals surface area (Å²) >= 11 is 0. The number of aromatic amines is 1. The molecule has 0 spiro atoms. The molecule has 8 nitrogen and oxygen atoms in total. The van der Waals surface area contributed by atoms with Crippen molar-refractivity contribution in [3.63, 3.8) is 0 Å². The molecule has 0 fully saturated rings. The second-order valence-corrected chi connectivity index (χ2v) is 6.80. The van der Waals surface area contributed by atoms with E-state index in [4.69, 9.17) is 4.74 Å². The standard InChI is InChI=1S/C22H24N4O4/c1-3-26(13-19-23-17-11-7-5-9-15(17)21(28)25-19)14-20(27)24-18-12-8-6-10-16(18)22(29)30-4-2/h5-12H,3-4,13-14H2,1-2H3,(H,24,27)(H,23,25,28)/p+1. The number of rotatable bonds is 8. The molecule has 8 heteroatoms. The van der Waals surface area contributed by atoms with Gasteiger partial charge in [-0.15, -0.1) is 0 Å². The van der Waals surface area contributed by atoms with Gasteiger partial charge in [-0.25, -0.2) is 9.78 Å². The van der Waals surface area contributed by atoms with E-state index in [-0.39, 0.29) is 24.6 Å². The molecular formula is C22H25N4O4+. The summed E-state index contributed by atoms with van der Waals surface area (Å²) in [5.74, 6) is -0.201. The molecule has 1 aromatic heterocycles. The van der Waals surface area contributed by atoms with Gasteiger partial charge in [0.15, 0.2) is 12.4 Å². The van der Waals surface area contributed by atoms with Crippen molar-refractivity contribution in [3.05, 3.63) is 70.3 Å². The maximum Gasteiger partial charge on any atom is 0.340 e. The van der Waals surface area contributed by atoms with Gasteiger partial charge in [0, 0.05) is 0 Å². The van der Waals surface area contributed by atoms with Gasteiger partial charge < -0.3 is 19.9 Å². The molecule has 3 aromatic rings. The third-order valence-corrected chi connectivity index (χ3v) is 4.69. The molecular weight excluding hydrogens is 384 g/mol. The Morgan fingerprint density at radius 3 is 2.60 bits per heavy atom. The number of likely N-dealkylation sites (N-methyl/N-ethyl adjacent to an activating group) is 1. The van der Waals surface area contributed by atoms with Crippen molar-refractivity contribution in [3.8, 4) is 0 Å². The van der Waals surface area contributed by atoms with E-state index in [0.29, 0.717) is 41.1 Å². The zero-order valence-electron chi connectivity index (χ0n) is 17.0. The molecule has 156 valence electrons. The van der Waals surface area contributed by atoms with Crippen LogP contribution in [0.4, 0.5) is 5.69 Å². The number of nitrogens with zero attached hydrogens (tertiary/aromatic N) is 1. The maximum absolute atomic E-state index is 12.6. The average Bonchev–Trinajstić information content (AvgIpc) is 2.74. The van der Waals surface area contributed by atoms with Crippen molar-refractivity contribution in [2.75, 3.05) is 25.0 Å². The first-order chi connectivity index (χ1) is 14.5. The number of anilines is 1. The summed E-state index contributed by atoms with van der Waals surface area (Å²) in [6, 6.07) is 13.9. The highest BCUT2D eigenvalue weighted by atomic mass is 16.5. The molecule has 2 aromatic carbocycles. The average molecular weight is 409 g/mol. The van der Waals surface area contributed by atoms with Crippen LogP contribution >= 0.6 is 0 Å². The largest absolute Gasteiger partial charge is 0.462 e. The molecule has 0 aliphatic rings. The zero-order chi connectivity index (χ0) is 21.5. The van der Waals surface area contributed by atoms with Gasteiger partial charge in [0.25, 0.3) is 11.5 Å². The van der Waals surface area contributed by atoms with Gasteiger partial charge >= 0.3 is 5.97 Å². The van der Waals surface area contributed by atoms with Crippen LogP contribution in [0.5, 0.6) is 0 Å². The minimum Gasteiger partial charge on any atom is -0.462 e. The Bertz CT molecular complexity index is 1110. The molecule has 3 rings (SSSR count). The number of hydrogen-bond donors (Lipinski definition) is 3. The van der Waals surface area contributed by atoms with Gasteiger partial charge in [-0.3, -0.25) is 9.59 Å². The summed E-state index contributed by atoms with van der Waals surface area (Å²) in [7, 11) is 0. The highest BCUT2D eigenvalue weighted by Crippen LogP contribution is 2.16. The van der Waals surface area contributed by atoms with Crippen molar-refractivity contribution in [2.45, 2.75) is 20.4 Å². The molecule has 0 saturated carbocycles. The maximum atomic E-state index is 12.6. The van der Waals surface area contributed by atoms with E-state index in [2.05, 4.69) is 15.3 Å². The molecule has 0 radical (unpaired) electrons. The van der Waals surface area contributed by atoms with E-state index in [0.717, 1.165) is 4.90 Å². The number of amides is 1. The summed E-state index contributed by atoms with van der Waals surface area (Å²) < 4.78 is 5.04. The number of aromatic nitrogens is 2. The number of carbonyl (C=O) groups is 2. The number of esters is 1. The van der Waals surface area contributed by atoms with Crippen LogP contribution in [0, 0.1) is 0 Å². The molecule has 1 atom stereocenters. The Hall–Kier alpha value is -3.52. The number of benzene rings is 2. The van der Waals surface area contributed by atoms with Crippen LogP contribution < -0.4 is 15.8 Å². The Morgan fingerprint density at radius 1 is 1.10 bits per heavy atom. The smallest absolute Gasteiger partial charge is 0.340 e. The Kier molecular flexibility index (Phi) is 6.92. The number of H-pyrrole nitrogens is 1. The second-order valence-electron chi connectivity index (χ2n) is 6.80. The number of para-hydroxylation sites is 2. The van der Waals surface area contributed by atoms with Crippen LogP contribution in [0.3, 0.4) is 0 Å². The SMILES string of the molecule is CCOC(=O)c1ccccc1NC(=O)C[NH+](CC)Cc1nc2ccccc2c(=O)[nH]1. The normalized spacial score (nSPS) is 11.8. The fourth-order valence-electron chi connectivity index (χ4n) is 3.17. The molecule has 0 aliphatic carbocycles. The van der Waals surface area contributed by atoms with E-state index in [1.807, 2.05) is 13.0 Å². The van der Waals surface area contributed by atoms with Crippen LogP contribution in [0.1, 0.15) is 30.0 Å². The number of quaternary nitrogens is 1. The van der Waals surface area contributed by atoms with E-state index >= 15 is 0 Å². The molecule has 0 bridgehead atoms. The van der Waals surface area contributed by atoms with Crippen LogP contribution in [0.25, 0.3) is 10.9 Å². The number of ether oxygens (including phenoxy) is 1. The van der Waals surface area contributed by atoms with Crippen molar-refractivity contribution >= 4 is 28.5 Å². The van der Waals surface area contributed by atoms with E-state index in [1.165, 1.54) is 0 Å². The van der Waals surface area contributed by atoms with Gasteiger partial charge in [0.05, 0.1) is 35.3 Å². The lowest BCUT2D eigenvalue weighted by molar-refractivity contribution is -0.904. The Balaban J connectivity index is 1.70. The van der Waals surface area contributed by atoms with Crippen LogP contribution in [-0.4, -0.2) is 41.5 Å². The summed E-state index contributed by atoms with van der Waals surface area (Å²) in [4.78, 5) is 45.2. The lowest BCUT2D eigenvalue weighted by Crippen LogP contribution is -3.11. The van der Waals surface area contributed by atoms with Gasteiger partial charge in [-0.05, 0) is 38.1 Å². The predicted molar refractivity (Wildman–Crippen MR) is 113 cm³/mol. The molecule has 0 aliphatic heterocycles. The van der Waals surface area contributed by atoms with Gasteiger partial charge in [0.1, 0.15) is 6.54 Å². The minimum absolute atomic E-state index is 0.157. The highest BCUT2D eigenvalue weighted by molar-refractivity contribution is 6.01. The monoisotopic (exact) mass is 409 g/mol. The lowest BCUT2D eigenvalue weighted by atomic mass is 10.2. The van der Waals surface area contributed by atoms with Crippen LogP contribution in [-0.2, 0) is 16.1 Å². The lowest BCUT2D eigenvalue weighted by Gasteiger charge is -2.17. The van der Waals surface area contributed by atoms with Crippen LogP contribution in [0.2, 0.25) is 0 Å². The molecule has 3 N–H and O–H groups in total. The first-order valence-corrected chi connectivity index (χ1v) is 9.89. The first kappa shape index (κ1) is 21.2. The Labute approximate surface area is 173 Å². The van der Waals surface area contributed by atoms with Crippen molar-refractivity contribution in [1.82, 2.24) is 9.97 Å². The highest BCUT2D eigenvalue weighted by Gasteiger charge is 2.18. The van der Waals surface area contributed by atoms with Crippen molar-refractivity contribution in [1.29, 1.82) is 0 Å². The third-order valence-electron chi connectivity index (χ3n) is 4.69. The fraction of sp³-hybridized carbons (Fsp3) is 0.273. The van der Waals surface area contributed by atoms with E-state index < -0.39 is 5.97 Å². The van der Waals surface area contributed by atoms with Gasteiger partial charge in [0.2, 0.25) is 0 Å². The van der Waals surface area contributed by atoms with Gasteiger partial charge in [-0.1, -0.05) is 24.3 Å². The van der Waals surface area contributed by atoms with Crippen LogP contribution in [0.15, 0.2) is 53.3 Å². The first-order valence-electron chi connectivity index (χ1n) is 9.89. The Morgan fingerprint density at radius 2 is 1.83 bits per heavy atom. The van der Waals surface area contributed by atoms with Gasteiger partial charge in [-0.2, -0.15) is 0 Å². The number of fused-ring (bicyclic) bond motifs is 1. The summed E-state index contributed by atoms with van der Waals surface area (Å²) in [5.41, 5.74) is 1.15. The zero-order valence-corrected chi connectivity index (χ0v) is 17.0. The number of hydrogen-bond acceptors (Lipinski definition) is 5. The molecule has 30 heavy (non-hydrogen) atoms. The van der Waals surface area contributed by atoms with E-state index in [9.17, 15) is 14.4 Å². The molecule has 1 unspecified atom stereocenters. The minimum atomic E-state index is -0.481. The molecule has 1 amide bonds. The number of nitrogens with one attached hydrogen (secondary N) is 3. The number of carbonyl (C=O) groups excluding carboxylic acids is 2. The summed E-state index contributed by atoms with van der Waals surface area (Å²) in [5, 5.41) is 3.32. The predicted octanol–water partition coefficient (Wildman–Crippen LogP) is 1.14. The topological polar surface area (TPSA) is 106 Å². The molecule has 1 heterocycles. The van der Waals surface area contributed by atoms with Crippen molar-refractivity contribution < 1.29 is 19.2 Å². The third kappa shape index (κ3) is 5.09. The quantitative estimate of drug-likeness (QED) is 0.484.